The maximum absolute atomic E-state index is 12.3. The number of para-hydroxylation sites is 2. The van der Waals surface area contributed by atoms with Crippen LogP contribution >= 0.6 is 11.8 Å². The lowest BCUT2D eigenvalue weighted by Gasteiger charge is -2.13. The molecule has 2 rings (SSSR count). The van der Waals surface area contributed by atoms with Crippen LogP contribution in [0.2, 0.25) is 0 Å². The summed E-state index contributed by atoms with van der Waals surface area (Å²) < 4.78 is 40.9. The van der Waals surface area contributed by atoms with Crippen LogP contribution in [0.1, 0.15) is 11.1 Å². The maximum atomic E-state index is 12.3. The minimum absolute atomic E-state index is 0.00393. The topological polar surface area (TPSA) is 38.3 Å². The van der Waals surface area contributed by atoms with Gasteiger partial charge in [-0.05, 0) is 24.6 Å². The molecule has 1 amide bonds. The van der Waals surface area contributed by atoms with Crippen LogP contribution in [0, 0.1) is 6.92 Å². The summed E-state index contributed by atoms with van der Waals surface area (Å²) >= 11 is 1.38. The van der Waals surface area contributed by atoms with Gasteiger partial charge in [0.15, 0.2) is 5.75 Å². The van der Waals surface area contributed by atoms with Crippen LogP contribution < -0.4 is 10.1 Å². The third-order valence-electron chi connectivity index (χ3n) is 3.01. The molecule has 0 aliphatic heterocycles. The van der Waals surface area contributed by atoms with Crippen molar-refractivity contribution in [3.05, 3.63) is 59.7 Å². The Morgan fingerprint density at radius 1 is 1.12 bits per heavy atom. The molecule has 0 radical (unpaired) electrons. The lowest BCUT2D eigenvalue weighted by molar-refractivity contribution is -0.274. The first-order chi connectivity index (χ1) is 11.3. The van der Waals surface area contributed by atoms with Gasteiger partial charge in [-0.3, -0.25) is 4.79 Å². The van der Waals surface area contributed by atoms with Crippen LogP contribution in [0.3, 0.4) is 0 Å². The molecule has 0 fully saturated rings. The van der Waals surface area contributed by atoms with E-state index >= 15 is 0 Å². The molecule has 0 unspecified atom stereocenters. The largest absolute Gasteiger partial charge is 0.573 e. The molecule has 2 aromatic carbocycles. The second-order valence-electron chi connectivity index (χ2n) is 5.07. The number of anilines is 1. The number of carbonyl (C=O) groups is 1. The van der Waals surface area contributed by atoms with Crippen LogP contribution in [0.4, 0.5) is 18.9 Å². The summed E-state index contributed by atoms with van der Waals surface area (Å²) in [5.74, 6) is -0.0324. The SMILES string of the molecule is Cc1ccc(CSCC(=O)Nc2ccccc2OC(F)(F)F)cc1. The Kier molecular flexibility index (Phi) is 6.14. The summed E-state index contributed by atoms with van der Waals surface area (Å²) in [5.41, 5.74) is 2.23. The molecule has 0 atom stereocenters. The molecule has 0 bridgehead atoms. The van der Waals surface area contributed by atoms with Gasteiger partial charge >= 0.3 is 6.36 Å². The normalized spacial score (nSPS) is 11.2. The second-order valence-corrected chi connectivity index (χ2v) is 6.06. The Morgan fingerprint density at radius 3 is 2.46 bits per heavy atom. The summed E-state index contributed by atoms with van der Waals surface area (Å²) in [5, 5.41) is 2.44. The smallest absolute Gasteiger partial charge is 0.404 e. The highest BCUT2D eigenvalue weighted by Crippen LogP contribution is 2.30. The first kappa shape index (κ1) is 18.2. The van der Waals surface area contributed by atoms with Crippen molar-refractivity contribution < 1.29 is 22.7 Å². The summed E-state index contributed by atoms with van der Waals surface area (Å²) in [6.45, 7) is 1.99. The van der Waals surface area contributed by atoms with E-state index in [9.17, 15) is 18.0 Å². The highest BCUT2D eigenvalue weighted by molar-refractivity contribution is 7.99. The Balaban J connectivity index is 1.87. The van der Waals surface area contributed by atoms with Crippen molar-refractivity contribution in [1.29, 1.82) is 0 Å². The second kappa shape index (κ2) is 8.10. The van der Waals surface area contributed by atoms with E-state index in [-0.39, 0.29) is 17.3 Å². The molecule has 0 saturated carbocycles. The third kappa shape index (κ3) is 6.16. The first-order valence-electron chi connectivity index (χ1n) is 7.11. The van der Waals surface area contributed by atoms with Crippen molar-refractivity contribution in [3.63, 3.8) is 0 Å². The number of alkyl halides is 3. The highest BCUT2D eigenvalue weighted by atomic mass is 32.2. The van der Waals surface area contributed by atoms with Crippen molar-refractivity contribution in [1.82, 2.24) is 0 Å². The van der Waals surface area contributed by atoms with Crippen molar-refractivity contribution in [3.8, 4) is 5.75 Å². The zero-order valence-electron chi connectivity index (χ0n) is 12.9. The molecule has 128 valence electrons. The average Bonchev–Trinajstić information content (AvgIpc) is 2.50. The maximum Gasteiger partial charge on any atom is 0.573 e. The Morgan fingerprint density at radius 2 is 1.79 bits per heavy atom. The highest BCUT2D eigenvalue weighted by Gasteiger charge is 2.32. The Hall–Kier alpha value is -2.15. The number of halogens is 3. The summed E-state index contributed by atoms with van der Waals surface area (Å²) in [6.07, 6.45) is -4.80. The standard InChI is InChI=1S/C17H16F3NO2S/c1-12-6-8-13(9-7-12)10-24-11-16(22)21-14-4-2-3-5-15(14)23-17(18,19)20/h2-9H,10-11H2,1H3,(H,21,22). The van der Waals surface area contributed by atoms with Gasteiger partial charge < -0.3 is 10.1 Å². The number of benzene rings is 2. The van der Waals surface area contributed by atoms with Crippen molar-refractivity contribution in [2.24, 2.45) is 0 Å². The van der Waals surface area contributed by atoms with E-state index < -0.39 is 12.1 Å². The van der Waals surface area contributed by atoms with E-state index in [1.165, 1.54) is 30.0 Å². The van der Waals surface area contributed by atoms with E-state index in [4.69, 9.17) is 0 Å². The van der Waals surface area contributed by atoms with Gasteiger partial charge in [0.05, 0.1) is 11.4 Å². The van der Waals surface area contributed by atoms with Crippen molar-refractivity contribution in [2.45, 2.75) is 19.0 Å². The zero-order valence-corrected chi connectivity index (χ0v) is 13.7. The van der Waals surface area contributed by atoms with Gasteiger partial charge in [-0.1, -0.05) is 42.0 Å². The van der Waals surface area contributed by atoms with E-state index in [1.807, 2.05) is 31.2 Å². The summed E-state index contributed by atoms with van der Waals surface area (Å²) in [6, 6.07) is 13.4. The molecule has 24 heavy (non-hydrogen) atoms. The lowest BCUT2D eigenvalue weighted by Crippen LogP contribution is -2.20. The predicted molar refractivity (Wildman–Crippen MR) is 89.1 cm³/mol. The van der Waals surface area contributed by atoms with Crippen LogP contribution in [-0.2, 0) is 10.5 Å². The first-order valence-corrected chi connectivity index (χ1v) is 8.27. The van der Waals surface area contributed by atoms with Gasteiger partial charge in [-0.25, -0.2) is 0 Å². The number of carbonyl (C=O) groups excluding carboxylic acids is 1. The molecule has 0 aromatic heterocycles. The van der Waals surface area contributed by atoms with E-state index in [1.54, 1.807) is 0 Å². The number of aryl methyl sites for hydroxylation is 1. The Labute approximate surface area is 142 Å². The van der Waals surface area contributed by atoms with E-state index in [0.29, 0.717) is 5.75 Å². The average molecular weight is 355 g/mol. The molecule has 0 saturated heterocycles. The lowest BCUT2D eigenvalue weighted by atomic mass is 10.2. The van der Waals surface area contributed by atoms with Crippen molar-refractivity contribution in [2.75, 3.05) is 11.1 Å². The van der Waals surface area contributed by atoms with Crippen LogP contribution in [0.25, 0.3) is 0 Å². The van der Waals surface area contributed by atoms with Crippen LogP contribution in [-0.4, -0.2) is 18.0 Å². The Bertz CT molecular complexity index is 687. The molecule has 7 heteroatoms. The minimum Gasteiger partial charge on any atom is -0.404 e. The van der Waals surface area contributed by atoms with Gasteiger partial charge in [-0.2, -0.15) is 0 Å². The monoisotopic (exact) mass is 355 g/mol. The quantitative estimate of drug-likeness (QED) is 0.811. The number of nitrogens with one attached hydrogen (secondary N) is 1. The number of rotatable bonds is 6. The summed E-state index contributed by atoms with van der Waals surface area (Å²) in [7, 11) is 0. The van der Waals surface area contributed by atoms with Gasteiger partial charge in [0, 0.05) is 5.75 Å². The zero-order chi connectivity index (χ0) is 17.6. The van der Waals surface area contributed by atoms with Gasteiger partial charge in [0.25, 0.3) is 0 Å². The van der Waals surface area contributed by atoms with Gasteiger partial charge in [0.1, 0.15) is 0 Å². The molecule has 3 nitrogen and oxygen atoms in total. The van der Waals surface area contributed by atoms with Crippen LogP contribution in [0.5, 0.6) is 5.75 Å². The fourth-order valence-electron chi connectivity index (χ4n) is 1.92. The molecular formula is C17H16F3NO2S. The number of ether oxygens (including phenoxy) is 1. The fraction of sp³-hybridized carbons (Fsp3) is 0.235. The fourth-order valence-corrected chi connectivity index (χ4v) is 2.70. The van der Waals surface area contributed by atoms with Gasteiger partial charge in [-0.15, -0.1) is 24.9 Å². The van der Waals surface area contributed by atoms with E-state index in [0.717, 1.165) is 17.2 Å². The number of amides is 1. The molecule has 0 heterocycles. The predicted octanol–water partition coefficient (Wildman–Crippen LogP) is 4.77. The molecule has 1 N–H and O–H groups in total. The van der Waals surface area contributed by atoms with E-state index in [2.05, 4.69) is 10.1 Å². The minimum atomic E-state index is -4.80. The number of thioether (sulfide) groups is 1. The van der Waals surface area contributed by atoms with Gasteiger partial charge in [0.2, 0.25) is 5.91 Å². The summed E-state index contributed by atoms with van der Waals surface area (Å²) in [4.78, 5) is 11.9. The molecule has 0 spiro atoms. The number of hydrogen-bond donors (Lipinski definition) is 1. The van der Waals surface area contributed by atoms with Crippen molar-refractivity contribution >= 4 is 23.4 Å². The van der Waals surface area contributed by atoms with Crippen LogP contribution in [0.15, 0.2) is 48.5 Å². The molecular weight excluding hydrogens is 339 g/mol. The molecule has 0 aliphatic carbocycles. The third-order valence-corrected chi connectivity index (χ3v) is 4.01. The molecule has 2 aromatic rings. The number of hydrogen-bond acceptors (Lipinski definition) is 3. The molecule has 0 aliphatic rings.